The number of nitrogens with one attached hydrogen (secondary N) is 1. The number of carbonyl (C=O) groups is 2. The van der Waals surface area contributed by atoms with Crippen LogP contribution in [-0.4, -0.2) is 35.4 Å². The lowest BCUT2D eigenvalue weighted by atomic mass is 10.0. The Labute approximate surface area is 182 Å². The number of carbonyl (C=O) groups excluding carboxylic acids is 2. The zero-order valence-electron chi connectivity index (χ0n) is 18.2. The first kappa shape index (κ1) is 22.1. The Balaban J connectivity index is 1.88. The van der Waals surface area contributed by atoms with Gasteiger partial charge in [-0.1, -0.05) is 30.3 Å². The molecular formula is C24H27N3O4. The number of para-hydroxylation sites is 1. The molecule has 3 aromatic rings. The highest BCUT2D eigenvalue weighted by Crippen LogP contribution is 2.25. The number of rotatable bonds is 8. The average molecular weight is 421 g/mol. The first-order chi connectivity index (χ1) is 14.9. The lowest BCUT2D eigenvalue weighted by Gasteiger charge is -2.18. The summed E-state index contributed by atoms with van der Waals surface area (Å²) < 4.78 is 12.2. The van der Waals surface area contributed by atoms with Gasteiger partial charge in [-0.25, -0.2) is 9.48 Å². The molecule has 1 amide bonds. The largest absolute Gasteiger partial charge is 0.497 e. The second-order valence-corrected chi connectivity index (χ2v) is 7.11. The van der Waals surface area contributed by atoms with Gasteiger partial charge in [-0.15, -0.1) is 0 Å². The first-order valence-electron chi connectivity index (χ1n) is 10.1. The standard InChI is InChI=1S/C24H27N3O4/c1-5-31-24(29)23(25-21(28)15-18-11-13-20(30-4)14-12-18)22-16(2)26-27(17(22)3)19-9-7-6-8-10-19/h6-14,23H,5,15H2,1-4H3,(H,25,28)/t23-/m0/s1. The van der Waals surface area contributed by atoms with E-state index in [0.29, 0.717) is 17.0 Å². The van der Waals surface area contributed by atoms with E-state index in [0.717, 1.165) is 16.9 Å². The molecule has 0 saturated heterocycles. The molecule has 1 heterocycles. The van der Waals surface area contributed by atoms with Gasteiger partial charge < -0.3 is 14.8 Å². The highest BCUT2D eigenvalue weighted by atomic mass is 16.5. The van der Waals surface area contributed by atoms with Crippen LogP contribution in [0.5, 0.6) is 5.75 Å². The zero-order valence-corrected chi connectivity index (χ0v) is 18.2. The van der Waals surface area contributed by atoms with E-state index in [4.69, 9.17) is 9.47 Å². The van der Waals surface area contributed by atoms with E-state index in [1.54, 1.807) is 30.8 Å². The maximum atomic E-state index is 12.8. The molecule has 0 unspecified atom stereocenters. The Kier molecular flexibility index (Phi) is 7.07. The molecule has 0 aliphatic rings. The van der Waals surface area contributed by atoms with Crippen LogP contribution in [0.15, 0.2) is 54.6 Å². The molecule has 0 bridgehead atoms. The first-order valence-corrected chi connectivity index (χ1v) is 10.1. The zero-order chi connectivity index (χ0) is 22.4. The monoisotopic (exact) mass is 421 g/mol. The SMILES string of the molecule is CCOC(=O)[C@@H](NC(=O)Cc1ccc(OC)cc1)c1c(C)nn(-c2ccccc2)c1C. The van der Waals surface area contributed by atoms with Crippen molar-refractivity contribution >= 4 is 11.9 Å². The fraction of sp³-hybridized carbons (Fsp3) is 0.292. The molecule has 0 aliphatic carbocycles. The van der Waals surface area contributed by atoms with E-state index < -0.39 is 12.0 Å². The molecule has 2 aromatic carbocycles. The molecule has 1 atom stereocenters. The predicted molar refractivity (Wildman–Crippen MR) is 117 cm³/mol. The number of ether oxygens (including phenoxy) is 2. The summed E-state index contributed by atoms with van der Waals surface area (Å²) in [6.07, 6.45) is 0.130. The molecular weight excluding hydrogens is 394 g/mol. The van der Waals surface area contributed by atoms with Gasteiger partial charge in [0, 0.05) is 11.3 Å². The quantitative estimate of drug-likeness (QED) is 0.563. The van der Waals surface area contributed by atoms with Crippen molar-refractivity contribution in [1.82, 2.24) is 15.1 Å². The maximum absolute atomic E-state index is 12.8. The van der Waals surface area contributed by atoms with Crippen molar-refractivity contribution in [1.29, 1.82) is 0 Å². The molecule has 0 radical (unpaired) electrons. The van der Waals surface area contributed by atoms with E-state index in [2.05, 4.69) is 10.4 Å². The van der Waals surface area contributed by atoms with Crippen LogP contribution in [0.25, 0.3) is 5.69 Å². The van der Waals surface area contributed by atoms with Gasteiger partial charge in [0.25, 0.3) is 0 Å². The summed E-state index contributed by atoms with van der Waals surface area (Å²) in [5.41, 5.74) is 3.76. The van der Waals surface area contributed by atoms with Crippen molar-refractivity contribution in [2.24, 2.45) is 0 Å². The minimum atomic E-state index is -0.942. The van der Waals surface area contributed by atoms with Gasteiger partial charge in [-0.05, 0) is 50.6 Å². The average Bonchev–Trinajstić information content (AvgIpc) is 3.07. The van der Waals surface area contributed by atoms with Crippen LogP contribution in [0.2, 0.25) is 0 Å². The van der Waals surface area contributed by atoms with Crippen LogP contribution in [0.3, 0.4) is 0 Å². The summed E-state index contributed by atoms with van der Waals surface area (Å²) in [5, 5.41) is 7.44. The van der Waals surface area contributed by atoms with Gasteiger partial charge in [0.15, 0.2) is 6.04 Å². The molecule has 7 nitrogen and oxygen atoms in total. The van der Waals surface area contributed by atoms with Crippen LogP contribution in [0.1, 0.15) is 35.5 Å². The number of aryl methyl sites for hydroxylation is 1. The van der Waals surface area contributed by atoms with Crippen molar-refractivity contribution in [3.05, 3.63) is 77.1 Å². The van der Waals surface area contributed by atoms with Crippen molar-refractivity contribution in [2.45, 2.75) is 33.2 Å². The summed E-state index contributed by atoms with van der Waals surface area (Å²) in [6, 6.07) is 15.9. The number of nitrogens with zero attached hydrogens (tertiary/aromatic N) is 2. The van der Waals surface area contributed by atoms with Crippen molar-refractivity contribution in [3.63, 3.8) is 0 Å². The number of amides is 1. The normalized spacial score (nSPS) is 11.6. The third-order valence-corrected chi connectivity index (χ3v) is 4.99. The smallest absolute Gasteiger partial charge is 0.333 e. The molecule has 3 rings (SSSR count). The molecule has 0 fully saturated rings. The van der Waals surface area contributed by atoms with Gasteiger partial charge in [0.1, 0.15) is 5.75 Å². The second kappa shape index (κ2) is 9.93. The number of benzene rings is 2. The molecule has 162 valence electrons. The van der Waals surface area contributed by atoms with Gasteiger partial charge in [-0.3, -0.25) is 4.79 Å². The minimum absolute atomic E-state index is 0.130. The number of hydrogen-bond acceptors (Lipinski definition) is 5. The number of aromatic nitrogens is 2. The van der Waals surface area contributed by atoms with Gasteiger partial charge in [0.05, 0.1) is 31.5 Å². The third-order valence-electron chi connectivity index (χ3n) is 4.99. The predicted octanol–water partition coefficient (Wildman–Crippen LogP) is 3.46. The molecule has 0 aliphatic heterocycles. The van der Waals surface area contributed by atoms with Crippen LogP contribution in [-0.2, 0) is 20.7 Å². The lowest BCUT2D eigenvalue weighted by molar-refractivity contribution is -0.147. The number of hydrogen-bond donors (Lipinski definition) is 1. The topological polar surface area (TPSA) is 82.4 Å². The van der Waals surface area contributed by atoms with E-state index in [1.807, 2.05) is 56.3 Å². The van der Waals surface area contributed by atoms with Crippen molar-refractivity contribution < 1.29 is 19.1 Å². The third kappa shape index (κ3) is 5.12. The Morgan fingerprint density at radius 3 is 2.35 bits per heavy atom. The fourth-order valence-corrected chi connectivity index (χ4v) is 3.51. The van der Waals surface area contributed by atoms with Crippen LogP contribution in [0, 0.1) is 13.8 Å². The molecule has 0 spiro atoms. The van der Waals surface area contributed by atoms with Crippen molar-refractivity contribution in [2.75, 3.05) is 13.7 Å². The Bertz CT molecular complexity index is 1040. The van der Waals surface area contributed by atoms with Crippen LogP contribution in [0.4, 0.5) is 0 Å². The number of methoxy groups -OCH3 is 1. The number of esters is 1. The summed E-state index contributed by atoms with van der Waals surface area (Å²) in [4.78, 5) is 25.6. The minimum Gasteiger partial charge on any atom is -0.497 e. The molecule has 31 heavy (non-hydrogen) atoms. The summed E-state index contributed by atoms with van der Waals surface area (Å²) in [7, 11) is 1.59. The van der Waals surface area contributed by atoms with E-state index >= 15 is 0 Å². The van der Waals surface area contributed by atoms with Gasteiger partial charge >= 0.3 is 5.97 Å². The molecule has 1 aromatic heterocycles. The highest BCUT2D eigenvalue weighted by Gasteiger charge is 2.30. The Morgan fingerprint density at radius 2 is 1.74 bits per heavy atom. The lowest BCUT2D eigenvalue weighted by Crippen LogP contribution is -2.36. The van der Waals surface area contributed by atoms with Gasteiger partial charge in [0.2, 0.25) is 5.91 Å². The summed E-state index contributed by atoms with van der Waals surface area (Å²) >= 11 is 0. The summed E-state index contributed by atoms with van der Waals surface area (Å²) in [6.45, 7) is 5.66. The van der Waals surface area contributed by atoms with E-state index in [-0.39, 0.29) is 18.9 Å². The van der Waals surface area contributed by atoms with E-state index in [1.165, 1.54) is 0 Å². The Morgan fingerprint density at radius 1 is 1.06 bits per heavy atom. The van der Waals surface area contributed by atoms with Crippen LogP contribution < -0.4 is 10.1 Å². The molecule has 7 heteroatoms. The maximum Gasteiger partial charge on any atom is 0.333 e. The van der Waals surface area contributed by atoms with E-state index in [9.17, 15) is 9.59 Å². The van der Waals surface area contributed by atoms with Crippen LogP contribution >= 0.6 is 0 Å². The summed E-state index contributed by atoms with van der Waals surface area (Å²) in [5.74, 6) is -0.0768. The molecule has 1 N–H and O–H groups in total. The fourth-order valence-electron chi connectivity index (χ4n) is 3.51. The molecule has 0 saturated carbocycles. The van der Waals surface area contributed by atoms with Crippen molar-refractivity contribution in [3.8, 4) is 11.4 Å². The highest BCUT2D eigenvalue weighted by molar-refractivity contribution is 5.87. The Hall–Kier alpha value is -3.61. The second-order valence-electron chi connectivity index (χ2n) is 7.11. The van der Waals surface area contributed by atoms with Gasteiger partial charge in [-0.2, -0.15) is 5.10 Å².